The van der Waals surface area contributed by atoms with E-state index in [2.05, 4.69) is 38.4 Å². The van der Waals surface area contributed by atoms with Crippen LogP contribution in [-0.2, 0) is 11.2 Å². The van der Waals surface area contributed by atoms with E-state index in [1.54, 1.807) is 0 Å². The Kier molecular flexibility index (Phi) is 2.67. The van der Waals surface area contributed by atoms with Gasteiger partial charge in [-0.1, -0.05) is 15.9 Å². The van der Waals surface area contributed by atoms with Gasteiger partial charge in [0.05, 0.1) is 6.04 Å². The molecule has 1 amide bonds. The first-order chi connectivity index (χ1) is 8.29. The number of fused-ring (bicyclic) bond motifs is 3. The van der Waals surface area contributed by atoms with E-state index in [0.717, 1.165) is 35.7 Å². The molecule has 2 N–H and O–H groups in total. The molecule has 0 saturated carbocycles. The number of nitrogens with one attached hydrogen (secondary N) is 2. The van der Waals surface area contributed by atoms with Crippen molar-refractivity contribution >= 4 is 33.2 Å². The summed E-state index contributed by atoms with van der Waals surface area (Å²) in [4.78, 5) is 14.1. The number of hydrogen-bond donors (Lipinski definition) is 2. The normalized spacial score (nSPS) is 19.0. The summed E-state index contributed by atoms with van der Waals surface area (Å²) in [7, 11) is 0. The van der Waals surface area contributed by atoms with Crippen molar-refractivity contribution in [2.45, 2.75) is 25.3 Å². The number of aromatic amines is 1. The first kappa shape index (κ1) is 10.8. The zero-order chi connectivity index (χ0) is 11.8. The number of carbonyl (C=O) groups excluding carboxylic acids is 1. The van der Waals surface area contributed by atoms with Crippen LogP contribution in [0.4, 0.5) is 0 Å². The Morgan fingerprint density at radius 1 is 1.47 bits per heavy atom. The molecule has 1 aromatic carbocycles. The predicted molar refractivity (Wildman–Crippen MR) is 70.9 cm³/mol. The minimum absolute atomic E-state index is 0.141. The molecule has 1 aliphatic rings. The summed E-state index contributed by atoms with van der Waals surface area (Å²) in [6.07, 6.45) is 4.02. The maximum absolute atomic E-state index is 10.6. The van der Waals surface area contributed by atoms with Gasteiger partial charge in [-0.15, -0.1) is 0 Å². The summed E-state index contributed by atoms with van der Waals surface area (Å²) in [5.74, 6) is 0. The van der Waals surface area contributed by atoms with Crippen molar-refractivity contribution in [3.8, 4) is 0 Å². The summed E-state index contributed by atoms with van der Waals surface area (Å²) in [5, 5.41) is 4.16. The van der Waals surface area contributed by atoms with Gasteiger partial charge >= 0.3 is 0 Å². The molecule has 1 aromatic heterocycles. The van der Waals surface area contributed by atoms with Crippen LogP contribution in [0.3, 0.4) is 0 Å². The highest BCUT2D eigenvalue weighted by molar-refractivity contribution is 9.10. The zero-order valence-corrected chi connectivity index (χ0v) is 10.9. The number of H-pyrrole nitrogens is 1. The standard InChI is InChI=1S/C13H13BrN2O/c14-8-4-5-11-10(6-8)9-2-1-3-12(15-7-17)13(9)16-11/h4-7,12,16H,1-3H2,(H,15,17)/t12-/m0/s1. The van der Waals surface area contributed by atoms with Gasteiger partial charge in [-0.25, -0.2) is 0 Å². The first-order valence-electron chi connectivity index (χ1n) is 5.79. The number of benzene rings is 1. The smallest absolute Gasteiger partial charge is 0.207 e. The molecule has 88 valence electrons. The fraction of sp³-hybridized carbons (Fsp3) is 0.308. The molecule has 0 unspecified atom stereocenters. The highest BCUT2D eigenvalue weighted by Crippen LogP contribution is 2.35. The van der Waals surface area contributed by atoms with Gasteiger partial charge in [-0.05, 0) is 43.0 Å². The van der Waals surface area contributed by atoms with E-state index in [4.69, 9.17) is 0 Å². The van der Waals surface area contributed by atoms with Crippen LogP contribution in [0.2, 0.25) is 0 Å². The Hall–Kier alpha value is -1.29. The molecule has 1 atom stereocenters. The maximum Gasteiger partial charge on any atom is 0.207 e. The van der Waals surface area contributed by atoms with Crippen LogP contribution in [0.5, 0.6) is 0 Å². The topological polar surface area (TPSA) is 44.9 Å². The summed E-state index contributed by atoms with van der Waals surface area (Å²) >= 11 is 3.51. The van der Waals surface area contributed by atoms with Gasteiger partial charge in [0.25, 0.3) is 0 Å². The molecule has 1 heterocycles. The van der Waals surface area contributed by atoms with Gasteiger partial charge in [-0.2, -0.15) is 0 Å². The van der Waals surface area contributed by atoms with E-state index in [1.165, 1.54) is 16.6 Å². The van der Waals surface area contributed by atoms with Crippen LogP contribution >= 0.6 is 15.9 Å². The molecule has 3 nitrogen and oxygen atoms in total. The Labute approximate surface area is 108 Å². The van der Waals surface area contributed by atoms with E-state index < -0.39 is 0 Å². The van der Waals surface area contributed by atoms with Crippen molar-refractivity contribution in [1.82, 2.24) is 10.3 Å². The highest BCUT2D eigenvalue weighted by atomic mass is 79.9. The molecule has 3 rings (SSSR count). The van der Waals surface area contributed by atoms with Crippen molar-refractivity contribution in [2.24, 2.45) is 0 Å². The van der Waals surface area contributed by atoms with Crippen molar-refractivity contribution in [3.63, 3.8) is 0 Å². The summed E-state index contributed by atoms with van der Waals surface area (Å²) < 4.78 is 1.09. The lowest BCUT2D eigenvalue weighted by Gasteiger charge is -2.21. The van der Waals surface area contributed by atoms with Gasteiger partial charge in [0.15, 0.2) is 0 Å². The number of amides is 1. The minimum atomic E-state index is 0.141. The number of aryl methyl sites for hydroxylation is 1. The molecule has 0 saturated heterocycles. The molecule has 0 fully saturated rings. The second kappa shape index (κ2) is 4.18. The van der Waals surface area contributed by atoms with E-state index in [9.17, 15) is 4.79 Å². The lowest BCUT2D eigenvalue weighted by Crippen LogP contribution is -2.23. The number of rotatable bonds is 2. The number of aromatic nitrogens is 1. The Bertz CT molecular complexity index is 576. The summed E-state index contributed by atoms with van der Waals surface area (Å²) in [5.41, 5.74) is 3.68. The predicted octanol–water partition coefficient (Wildman–Crippen LogP) is 3.05. The fourth-order valence-electron chi connectivity index (χ4n) is 2.68. The second-order valence-corrected chi connectivity index (χ2v) is 5.35. The van der Waals surface area contributed by atoms with E-state index >= 15 is 0 Å². The van der Waals surface area contributed by atoms with Crippen molar-refractivity contribution < 1.29 is 4.79 Å². The Balaban J connectivity index is 2.18. The number of halogens is 1. The third-order valence-corrected chi connectivity index (χ3v) is 3.93. The lowest BCUT2D eigenvalue weighted by atomic mass is 9.92. The van der Waals surface area contributed by atoms with Crippen molar-refractivity contribution in [2.75, 3.05) is 0 Å². The van der Waals surface area contributed by atoms with Crippen LogP contribution in [0.25, 0.3) is 10.9 Å². The average Bonchev–Trinajstić information content (AvgIpc) is 2.69. The third-order valence-electron chi connectivity index (χ3n) is 3.44. The van der Waals surface area contributed by atoms with Gasteiger partial charge in [0.1, 0.15) is 0 Å². The molecule has 1 aliphatic carbocycles. The average molecular weight is 293 g/mol. The van der Waals surface area contributed by atoms with Crippen LogP contribution in [-0.4, -0.2) is 11.4 Å². The maximum atomic E-state index is 10.6. The number of hydrogen-bond acceptors (Lipinski definition) is 1. The molecule has 0 radical (unpaired) electrons. The molecule has 4 heteroatoms. The molecular formula is C13H13BrN2O. The van der Waals surface area contributed by atoms with Gasteiger partial charge in [-0.3, -0.25) is 4.79 Å². The van der Waals surface area contributed by atoms with E-state index in [-0.39, 0.29) is 6.04 Å². The van der Waals surface area contributed by atoms with Crippen molar-refractivity contribution in [3.05, 3.63) is 33.9 Å². The van der Waals surface area contributed by atoms with E-state index in [1.807, 2.05) is 6.07 Å². The first-order valence-corrected chi connectivity index (χ1v) is 6.58. The molecule has 0 aliphatic heterocycles. The second-order valence-electron chi connectivity index (χ2n) is 4.44. The largest absolute Gasteiger partial charge is 0.356 e. The molecule has 0 spiro atoms. The summed E-state index contributed by atoms with van der Waals surface area (Å²) in [6, 6.07) is 6.40. The monoisotopic (exact) mass is 292 g/mol. The minimum Gasteiger partial charge on any atom is -0.356 e. The Morgan fingerprint density at radius 3 is 3.18 bits per heavy atom. The van der Waals surface area contributed by atoms with Gasteiger partial charge in [0, 0.05) is 21.1 Å². The highest BCUT2D eigenvalue weighted by Gasteiger charge is 2.23. The van der Waals surface area contributed by atoms with Crippen LogP contribution < -0.4 is 5.32 Å². The third kappa shape index (κ3) is 1.76. The molecule has 0 bridgehead atoms. The quantitative estimate of drug-likeness (QED) is 0.821. The van der Waals surface area contributed by atoms with E-state index in [0.29, 0.717) is 0 Å². The number of carbonyl (C=O) groups is 1. The molecule has 17 heavy (non-hydrogen) atoms. The molecule has 2 aromatic rings. The van der Waals surface area contributed by atoms with Gasteiger partial charge in [0.2, 0.25) is 6.41 Å². The summed E-state index contributed by atoms with van der Waals surface area (Å²) in [6.45, 7) is 0. The SMILES string of the molecule is O=CN[C@H]1CCCc2c1[nH]c1ccc(Br)cc21. The van der Waals surface area contributed by atoms with Crippen LogP contribution in [0.1, 0.15) is 30.1 Å². The van der Waals surface area contributed by atoms with Gasteiger partial charge < -0.3 is 10.3 Å². The zero-order valence-electron chi connectivity index (χ0n) is 9.29. The Morgan fingerprint density at radius 2 is 2.35 bits per heavy atom. The van der Waals surface area contributed by atoms with Crippen LogP contribution in [0.15, 0.2) is 22.7 Å². The van der Waals surface area contributed by atoms with Crippen LogP contribution in [0, 0.1) is 0 Å². The fourth-order valence-corrected chi connectivity index (χ4v) is 3.04. The van der Waals surface area contributed by atoms with Crippen molar-refractivity contribution in [1.29, 1.82) is 0 Å². The lowest BCUT2D eigenvalue weighted by molar-refractivity contribution is -0.110. The molecular weight excluding hydrogens is 280 g/mol.